The molecule has 1 N–H and O–H groups in total. The van der Waals surface area contributed by atoms with Crippen molar-refractivity contribution in [1.29, 1.82) is 0 Å². The van der Waals surface area contributed by atoms with Crippen LogP contribution in [0.5, 0.6) is 0 Å². The Hall–Kier alpha value is -1.05. The van der Waals surface area contributed by atoms with Gasteiger partial charge in [-0.05, 0) is 57.8 Å². The Bertz CT molecular complexity index is 318. The van der Waals surface area contributed by atoms with Crippen LogP contribution in [0.15, 0.2) is 24.3 Å². The number of carboxylic acid groups (broad SMARTS) is 1. The molecule has 0 aliphatic rings. The van der Waals surface area contributed by atoms with Crippen LogP contribution in [-0.2, 0) is 4.79 Å². The van der Waals surface area contributed by atoms with Gasteiger partial charge < -0.3 is 5.11 Å². The van der Waals surface area contributed by atoms with Crippen molar-refractivity contribution in [1.82, 2.24) is 0 Å². The first kappa shape index (κ1) is 22.9. The second kappa shape index (κ2) is 20.0. The molecule has 0 heterocycles. The smallest absolute Gasteiger partial charge is 0.303 e. The standard InChI is InChI=1S/C22H40O2/c1-2-3-4-5-6-7-8-9-10-11-12-13-14-15-16-17-18-19-20-21-22(23)24/h6-7,12-13H,2-5,8-11,14-21H2,1H3,(H,23,24)/b7-6-,13-12-. The van der Waals surface area contributed by atoms with Crippen LogP contribution >= 0.6 is 0 Å². The highest BCUT2D eigenvalue weighted by atomic mass is 16.4. The topological polar surface area (TPSA) is 37.3 Å². The molecule has 24 heavy (non-hydrogen) atoms. The van der Waals surface area contributed by atoms with E-state index in [-0.39, 0.29) is 0 Å². The molecule has 0 saturated heterocycles. The van der Waals surface area contributed by atoms with Crippen LogP contribution in [0.3, 0.4) is 0 Å². The van der Waals surface area contributed by atoms with E-state index < -0.39 is 5.97 Å². The molecule has 0 bridgehead atoms. The van der Waals surface area contributed by atoms with E-state index in [1.807, 2.05) is 0 Å². The molecule has 0 spiro atoms. The van der Waals surface area contributed by atoms with Gasteiger partial charge in [0.05, 0.1) is 0 Å². The van der Waals surface area contributed by atoms with Gasteiger partial charge in [0.1, 0.15) is 0 Å². The van der Waals surface area contributed by atoms with Crippen LogP contribution in [0.1, 0.15) is 110 Å². The monoisotopic (exact) mass is 336 g/mol. The van der Waals surface area contributed by atoms with E-state index in [0.29, 0.717) is 6.42 Å². The second-order valence-corrected chi connectivity index (χ2v) is 6.78. The van der Waals surface area contributed by atoms with E-state index in [2.05, 4.69) is 31.2 Å². The molecule has 0 aromatic heterocycles. The lowest BCUT2D eigenvalue weighted by atomic mass is 10.1. The molecule has 0 saturated carbocycles. The first-order chi connectivity index (χ1) is 11.8. The summed E-state index contributed by atoms with van der Waals surface area (Å²) in [4.78, 5) is 10.4. The van der Waals surface area contributed by atoms with E-state index >= 15 is 0 Å². The maximum atomic E-state index is 10.4. The highest BCUT2D eigenvalue weighted by molar-refractivity contribution is 5.66. The van der Waals surface area contributed by atoms with Gasteiger partial charge in [-0.25, -0.2) is 0 Å². The number of hydrogen-bond acceptors (Lipinski definition) is 1. The van der Waals surface area contributed by atoms with E-state index in [4.69, 9.17) is 5.11 Å². The summed E-state index contributed by atoms with van der Waals surface area (Å²) in [5, 5.41) is 8.55. The highest BCUT2D eigenvalue weighted by Crippen LogP contribution is 2.09. The molecule has 0 aliphatic heterocycles. The normalized spacial score (nSPS) is 11.7. The molecule has 2 nitrogen and oxygen atoms in total. The summed E-state index contributed by atoms with van der Waals surface area (Å²) in [7, 11) is 0. The molecule has 2 heteroatoms. The van der Waals surface area contributed by atoms with Gasteiger partial charge in [0.25, 0.3) is 0 Å². The largest absolute Gasteiger partial charge is 0.481 e. The summed E-state index contributed by atoms with van der Waals surface area (Å²) in [6, 6.07) is 0. The number of hydrogen-bond donors (Lipinski definition) is 1. The molecular weight excluding hydrogens is 296 g/mol. The molecule has 0 radical (unpaired) electrons. The van der Waals surface area contributed by atoms with Crippen molar-refractivity contribution < 1.29 is 9.90 Å². The Kier molecular flexibility index (Phi) is 19.1. The molecule has 0 atom stereocenters. The van der Waals surface area contributed by atoms with Gasteiger partial charge in [-0.15, -0.1) is 0 Å². The van der Waals surface area contributed by atoms with Crippen molar-refractivity contribution in [2.24, 2.45) is 0 Å². The minimum atomic E-state index is -0.664. The van der Waals surface area contributed by atoms with Crippen LogP contribution in [0.25, 0.3) is 0 Å². The summed E-state index contributed by atoms with van der Waals surface area (Å²) in [6.07, 6.45) is 28.2. The fraction of sp³-hybridized carbons (Fsp3) is 0.773. The Labute approximate surface area is 150 Å². The quantitative estimate of drug-likeness (QED) is 0.208. The molecule has 0 fully saturated rings. The molecular formula is C22H40O2. The van der Waals surface area contributed by atoms with Crippen LogP contribution in [-0.4, -0.2) is 11.1 Å². The van der Waals surface area contributed by atoms with Gasteiger partial charge in [-0.1, -0.05) is 69.8 Å². The lowest BCUT2D eigenvalue weighted by Gasteiger charge is -1.99. The third kappa shape index (κ3) is 20.9. The SMILES string of the molecule is CCCCC/C=C\CCCC/C=C\CCCCCCCCC(=O)O. The minimum Gasteiger partial charge on any atom is -0.481 e. The van der Waals surface area contributed by atoms with Gasteiger partial charge in [-0.2, -0.15) is 0 Å². The van der Waals surface area contributed by atoms with Crippen LogP contribution in [0, 0.1) is 0 Å². The number of carbonyl (C=O) groups is 1. The lowest BCUT2D eigenvalue weighted by molar-refractivity contribution is -0.137. The molecule has 0 rings (SSSR count). The van der Waals surface area contributed by atoms with Crippen molar-refractivity contribution >= 4 is 5.97 Å². The molecule has 140 valence electrons. The number of allylic oxidation sites excluding steroid dienone is 4. The summed E-state index contributed by atoms with van der Waals surface area (Å²) < 4.78 is 0. The average molecular weight is 337 g/mol. The summed E-state index contributed by atoms with van der Waals surface area (Å²) in [5.74, 6) is -0.664. The van der Waals surface area contributed by atoms with E-state index in [1.165, 1.54) is 83.5 Å². The summed E-state index contributed by atoms with van der Waals surface area (Å²) >= 11 is 0. The zero-order valence-corrected chi connectivity index (χ0v) is 16.0. The summed E-state index contributed by atoms with van der Waals surface area (Å²) in [5.41, 5.74) is 0. The zero-order valence-electron chi connectivity index (χ0n) is 16.0. The second-order valence-electron chi connectivity index (χ2n) is 6.78. The Morgan fingerprint density at radius 3 is 1.46 bits per heavy atom. The zero-order chi connectivity index (χ0) is 17.7. The molecule has 0 amide bonds. The van der Waals surface area contributed by atoms with Gasteiger partial charge >= 0.3 is 5.97 Å². The van der Waals surface area contributed by atoms with Crippen LogP contribution in [0.4, 0.5) is 0 Å². The molecule has 0 unspecified atom stereocenters. The third-order valence-corrected chi connectivity index (χ3v) is 4.31. The van der Waals surface area contributed by atoms with E-state index in [0.717, 1.165) is 12.8 Å². The Morgan fingerprint density at radius 1 is 0.625 bits per heavy atom. The fourth-order valence-corrected chi connectivity index (χ4v) is 2.75. The number of aliphatic carboxylic acids is 1. The van der Waals surface area contributed by atoms with Gasteiger partial charge in [-0.3, -0.25) is 4.79 Å². The maximum absolute atomic E-state index is 10.4. The Morgan fingerprint density at radius 2 is 1.00 bits per heavy atom. The maximum Gasteiger partial charge on any atom is 0.303 e. The summed E-state index contributed by atoms with van der Waals surface area (Å²) in [6.45, 7) is 2.25. The van der Waals surface area contributed by atoms with Gasteiger partial charge in [0, 0.05) is 6.42 Å². The van der Waals surface area contributed by atoms with Crippen LogP contribution < -0.4 is 0 Å². The third-order valence-electron chi connectivity index (χ3n) is 4.31. The van der Waals surface area contributed by atoms with Crippen molar-refractivity contribution in [3.05, 3.63) is 24.3 Å². The van der Waals surface area contributed by atoms with Crippen molar-refractivity contribution in [2.45, 2.75) is 110 Å². The molecule has 0 aromatic carbocycles. The average Bonchev–Trinajstić information content (AvgIpc) is 2.56. The fourth-order valence-electron chi connectivity index (χ4n) is 2.75. The Balaban J connectivity index is 3.15. The highest BCUT2D eigenvalue weighted by Gasteiger charge is 1.96. The van der Waals surface area contributed by atoms with E-state index in [1.54, 1.807) is 0 Å². The molecule has 0 aromatic rings. The number of rotatable bonds is 18. The number of carboxylic acids is 1. The molecule has 0 aliphatic carbocycles. The van der Waals surface area contributed by atoms with E-state index in [9.17, 15) is 4.79 Å². The van der Waals surface area contributed by atoms with Crippen molar-refractivity contribution in [3.8, 4) is 0 Å². The first-order valence-corrected chi connectivity index (χ1v) is 10.3. The van der Waals surface area contributed by atoms with Crippen molar-refractivity contribution in [3.63, 3.8) is 0 Å². The van der Waals surface area contributed by atoms with Crippen LogP contribution in [0.2, 0.25) is 0 Å². The number of unbranched alkanes of at least 4 members (excludes halogenated alkanes) is 12. The van der Waals surface area contributed by atoms with Crippen molar-refractivity contribution in [2.75, 3.05) is 0 Å². The van der Waals surface area contributed by atoms with Gasteiger partial charge in [0.15, 0.2) is 0 Å². The van der Waals surface area contributed by atoms with Gasteiger partial charge in [0.2, 0.25) is 0 Å². The lowest BCUT2D eigenvalue weighted by Crippen LogP contribution is -1.93. The minimum absolute atomic E-state index is 0.331. The predicted molar refractivity (Wildman–Crippen MR) is 105 cm³/mol. The predicted octanol–water partition coefficient (Wildman–Crippen LogP) is 7.44. The first-order valence-electron chi connectivity index (χ1n) is 10.3.